The predicted molar refractivity (Wildman–Crippen MR) is 129 cm³/mol. The highest BCUT2D eigenvalue weighted by atomic mass is 19.2. The molecular formula is C28H33F3N4O. The minimum atomic E-state index is -1.24. The summed E-state index contributed by atoms with van der Waals surface area (Å²) in [6.07, 6.45) is 8.42. The summed E-state index contributed by atoms with van der Waals surface area (Å²) in [5.41, 5.74) is -0.619. The molecule has 2 N–H and O–H groups in total. The second-order valence-electron chi connectivity index (χ2n) is 12.4. The molecule has 0 radical (unpaired) electrons. The zero-order chi connectivity index (χ0) is 24.6. The molecule has 1 aliphatic heterocycles. The van der Waals surface area contributed by atoms with E-state index in [1.807, 2.05) is 0 Å². The standard InChI is InChI=1S/C28H33F3N4O/c29-21-10-23(27(31)24(30)11-21)25-1-2-26(34-33-25)32-22-8-17-12-35(13-18(17)9-22)14-28(36)19-4-15-3-16(6-19)7-20(28)5-15/h1-2,10-11,15-20,22,36H,3-9,12-14H2,(H,32,34)/t15?,16?,17-,18+,19?,20?,22?,28?. The zero-order valence-corrected chi connectivity index (χ0v) is 20.3. The number of hydrogen-bond acceptors (Lipinski definition) is 5. The summed E-state index contributed by atoms with van der Waals surface area (Å²) < 4.78 is 41.2. The van der Waals surface area contributed by atoms with Crippen LogP contribution >= 0.6 is 0 Å². The van der Waals surface area contributed by atoms with Gasteiger partial charge >= 0.3 is 0 Å². The average molecular weight is 499 g/mol. The molecule has 2 aromatic rings. The Bertz CT molecular complexity index is 1120. The number of hydrogen-bond donors (Lipinski definition) is 2. The van der Waals surface area contributed by atoms with E-state index < -0.39 is 23.1 Å². The molecule has 1 aromatic carbocycles. The molecule has 3 atom stereocenters. The molecule has 5 nitrogen and oxygen atoms in total. The van der Waals surface area contributed by atoms with Gasteiger partial charge in [-0.2, -0.15) is 0 Å². The van der Waals surface area contributed by atoms with Gasteiger partial charge in [-0.3, -0.25) is 4.90 Å². The fraction of sp³-hybridized carbons (Fsp3) is 0.643. The maximum absolute atomic E-state index is 14.1. The van der Waals surface area contributed by atoms with Gasteiger partial charge in [-0.25, -0.2) is 13.2 Å². The molecule has 2 heterocycles. The molecule has 1 unspecified atom stereocenters. The van der Waals surface area contributed by atoms with Crippen LogP contribution in [0.15, 0.2) is 24.3 Å². The van der Waals surface area contributed by atoms with Gasteiger partial charge in [-0.15, -0.1) is 10.2 Å². The second kappa shape index (κ2) is 8.42. The Balaban J connectivity index is 0.957. The van der Waals surface area contributed by atoms with Crippen LogP contribution < -0.4 is 5.32 Å². The van der Waals surface area contributed by atoms with Crippen molar-refractivity contribution in [2.45, 2.75) is 56.6 Å². The zero-order valence-electron chi connectivity index (χ0n) is 20.3. The Labute approximate surface area is 209 Å². The number of likely N-dealkylation sites (tertiary alicyclic amines) is 1. The van der Waals surface area contributed by atoms with Gasteiger partial charge in [0.2, 0.25) is 0 Å². The molecule has 1 saturated heterocycles. The van der Waals surface area contributed by atoms with Crippen LogP contribution in [0.4, 0.5) is 19.0 Å². The monoisotopic (exact) mass is 498 g/mol. The quantitative estimate of drug-likeness (QED) is 0.576. The normalized spacial score (nSPS) is 39.1. The van der Waals surface area contributed by atoms with Crippen molar-refractivity contribution in [3.8, 4) is 11.3 Å². The molecule has 1 aromatic heterocycles. The van der Waals surface area contributed by atoms with E-state index in [9.17, 15) is 18.3 Å². The number of rotatable bonds is 5. The first-order chi connectivity index (χ1) is 17.3. The van der Waals surface area contributed by atoms with Crippen molar-refractivity contribution >= 4 is 5.82 Å². The fourth-order valence-corrected chi connectivity index (χ4v) is 8.77. The van der Waals surface area contributed by atoms with Gasteiger partial charge in [0.1, 0.15) is 11.6 Å². The van der Waals surface area contributed by atoms with Gasteiger partial charge in [0.05, 0.1) is 11.3 Å². The minimum absolute atomic E-state index is 0.0955. The van der Waals surface area contributed by atoms with Crippen LogP contribution in [-0.2, 0) is 0 Å². The van der Waals surface area contributed by atoms with Crippen molar-refractivity contribution in [3.63, 3.8) is 0 Å². The van der Waals surface area contributed by atoms with E-state index in [1.165, 1.54) is 38.2 Å². The third kappa shape index (κ3) is 3.83. The third-order valence-corrected chi connectivity index (χ3v) is 10.1. The molecule has 5 saturated carbocycles. The maximum Gasteiger partial charge on any atom is 0.168 e. The largest absolute Gasteiger partial charge is 0.388 e. The molecular weight excluding hydrogens is 465 g/mol. The summed E-state index contributed by atoms with van der Waals surface area (Å²) in [5.74, 6) is 1.32. The molecule has 8 heteroatoms. The Hall–Kier alpha value is -2.19. The van der Waals surface area contributed by atoms with Crippen molar-refractivity contribution in [1.82, 2.24) is 15.1 Å². The SMILES string of the molecule is OC1(CN2C[C@H]3CC(Nc4ccc(-c5cc(F)cc(F)c5F)nn4)C[C@H]3C2)C2CC3CC(C2)CC1C3. The van der Waals surface area contributed by atoms with Crippen molar-refractivity contribution in [3.05, 3.63) is 41.7 Å². The summed E-state index contributed by atoms with van der Waals surface area (Å²) >= 11 is 0. The Kier molecular flexibility index (Phi) is 5.37. The van der Waals surface area contributed by atoms with Crippen LogP contribution in [0, 0.1) is 53.0 Å². The lowest BCUT2D eigenvalue weighted by molar-refractivity contribution is -0.181. The van der Waals surface area contributed by atoms with Crippen LogP contribution in [0.3, 0.4) is 0 Å². The first-order valence-corrected chi connectivity index (χ1v) is 13.5. The topological polar surface area (TPSA) is 61.3 Å². The number of aliphatic hydroxyl groups is 1. The van der Waals surface area contributed by atoms with Gasteiger partial charge in [0, 0.05) is 37.3 Å². The number of halogens is 3. The molecule has 0 spiro atoms. The summed E-state index contributed by atoms with van der Waals surface area (Å²) in [4.78, 5) is 2.54. The van der Waals surface area contributed by atoms with Crippen molar-refractivity contribution in [1.29, 1.82) is 0 Å². The Morgan fingerprint density at radius 1 is 0.889 bits per heavy atom. The van der Waals surface area contributed by atoms with E-state index in [0.717, 1.165) is 50.4 Å². The van der Waals surface area contributed by atoms with E-state index in [2.05, 4.69) is 20.4 Å². The number of fused-ring (bicyclic) bond motifs is 1. The third-order valence-electron chi connectivity index (χ3n) is 10.1. The Morgan fingerprint density at radius 3 is 2.17 bits per heavy atom. The highest BCUT2D eigenvalue weighted by molar-refractivity contribution is 5.60. The number of nitrogens with one attached hydrogen (secondary N) is 1. The lowest BCUT2D eigenvalue weighted by Crippen LogP contribution is -2.62. The lowest BCUT2D eigenvalue weighted by Gasteiger charge is -2.59. The highest BCUT2D eigenvalue weighted by Crippen LogP contribution is 2.58. The van der Waals surface area contributed by atoms with Gasteiger partial charge in [-0.05, 0) is 98.7 Å². The number of anilines is 1. The smallest absolute Gasteiger partial charge is 0.168 e. The predicted octanol–water partition coefficient (Wildman–Crippen LogP) is 4.87. The molecule has 8 rings (SSSR count). The van der Waals surface area contributed by atoms with Crippen LogP contribution in [-0.4, -0.2) is 51.5 Å². The van der Waals surface area contributed by atoms with Crippen molar-refractivity contribution < 1.29 is 18.3 Å². The number of aromatic nitrogens is 2. The first-order valence-electron chi connectivity index (χ1n) is 13.5. The Morgan fingerprint density at radius 2 is 1.56 bits per heavy atom. The molecule has 0 amide bonds. The van der Waals surface area contributed by atoms with E-state index in [0.29, 0.717) is 35.6 Å². The van der Waals surface area contributed by atoms with E-state index >= 15 is 0 Å². The second-order valence-corrected chi connectivity index (χ2v) is 12.4. The van der Waals surface area contributed by atoms with Gasteiger partial charge in [0.25, 0.3) is 0 Å². The minimum Gasteiger partial charge on any atom is -0.388 e. The summed E-state index contributed by atoms with van der Waals surface area (Å²) in [7, 11) is 0. The molecule has 6 aliphatic rings. The molecule has 36 heavy (non-hydrogen) atoms. The molecule has 4 bridgehead atoms. The lowest BCUT2D eigenvalue weighted by atomic mass is 9.50. The fourth-order valence-electron chi connectivity index (χ4n) is 8.77. The van der Waals surface area contributed by atoms with E-state index in [1.54, 1.807) is 6.07 Å². The van der Waals surface area contributed by atoms with Gasteiger partial charge in [0.15, 0.2) is 11.6 Å². The van der Waals surface area contributed by atoms with Crippen molar-refractivity contribution in [2.75, 3.05) is 25.0 Å². The van der Waals surface area contributed by atoms with E-state index in [4.69, 9.17) is 0 Å². The van der Waals surface area contributed by atoms with Crippen LogP contribution in [0.1, 0.15) is 44.9 Å². The van der Waals surface area contributed by atoms with Gasteiger partial charge in [-0.1, -0.05) is 0 Å². The van der Waals surface area contributed by atoms with E-state index in [-0.39, 0.29) is 17.3 Å². The summed E-state index contributed by atoms with van der Waals surface area (Å²) in [6.45, 7) is 2.94. The van der Waals surface area contributed by atoms with Crippen LogP contribution in [0.2, 0.25) is 0 Å². The number of nitrogens with zero attached hydrogens (tertiary/aromatic N) is 3. The highest BCUT2D eigenvalue weighted by Gasteiger charge is 2.57. The summed E-state index contributed by atoms with van der Waals surface area (Å²) in [6, 6.07) is 4.96. The maximum atomic E-state index is 14.1. The van der Waals surface area contributed by atoms with Crippen LogP contribution in [0.25, 0.3) is 11.3 Å². The van der Waals surface area contributed by atoms with Crippen LogP contribution in [0.5, 0.6) is 0 Å². The van der Waals surface area contributed by atoms with Gasteiger partial charge < -0.3 is 10.4 Å². The van der Waals surface area contributed by atoms with Crippen molar-refractivity contribution in [2.24, 2.45) is 35.5 Å². The first kappa shape index (κ1) is 23.0. The molecule has 5 aliphatic carbocycles. The molecule has 6 fully saturated rings. The molecule has 192 valence electrons. The number of β-amino-alcohol motifs (C(OH)–C–C–N with tert-alkyl or cyclic N) is 1. The summed E-state index contributed by atoms with van der Waals surface area (Å²) in [5, 5.41) is 23.4. The average Bonchev–Trinajstić information content (AvgIpc) is 3.38. The number of benzene rings is 1.